The second kappa shape index (κ2) is 11.7. The molecule has 0 atom stereocenters. The summed E-state index contributed by atoms with van der Waals surface area (Å²) in [5.74, 6) is -0.895. The number of nitrogens with zero attached hydrogens (tertiary/aromatic N) is 1. The van der Waals surface area contributed by atoms with E-state index in [1.165, 1.54) is 24.3 Å². The highest BCUT2D eigenvalue weighted by Crippen LogP contribution is 2.25. The lowest BCUT2D eigenvalue weighted by molar-refractivity contribution is -0.114. The number of anilines is 2. The second-order valence-electron chi connectivity index (χ2n) is 7.50. The Morgan fingerprint density at radius 3 is 2.24 bits per heavy atom. The minimum atomic E-state index is -4.07. The topological polar surface area (TPSA) is 95.6 Å². The maximum Gasteiger partial charge on any atom is 0.264 e. The summed E-state index contributed by atoms with van der Waals surface area (Å²) in [6, 6.07) is 20.7. The Labute approximate surface area is 204 Å². The van der Waals surface area contributed by atoms with Crippen molar-refractivity contribution in [2.24, 2.45) is 0 Å². The number of halogens is 1. The Hall–Kier alpha value is -3.36. The van der Waals surface area contributed by atoms with Gasteiger partial charge in [0.1, 0.15) is 6.54 Å². The van der Waals surface area contributed by atoms with E-state index in [9.17, 15) is 18.0 Å². The summed E-state index contributed by atoms with van der Waals surface area (Å²) in [5, 5.41) is 5.91. The van der Waals surface area contributed by atoms with Crippen LogP contribution < -0.4 is 14.9 Å². The Balaban J connectivity index is 1.85. The lowest BCUT2D eigenvalue weighted by Gasteiger charge is -2.24. The molecule has 0 aliphatic rings. The van der Waals surface area contributed by atoms with Crippen LogP contribution in [-0.2, 0) is 14.8 Å². The van der Waals surface area contributed by atoms with Gasteiger partial charge in [0.25, 0.3) is 15.9 Å². The van der Waals surface area contributed by atoms with Crippen molar-refractivity contribution in [3.8, 4) is 0 Å². The maximum absolute atomic E-state index is 13.4. The first-order chi connectivity index (χ1) is 16.3. The van der Waals surface area contributed by atoms with Crippen molar-refractivity contribution < 1.29 is 18.0 Å². The summed E-state index contributed by atoms with van der Waals surface area (Å²) in [4.78, 5) is 25.6. The number of carbonyl (C=O) groups is 2. The quantitative estimate of drug-likeness (QED) is 0.395. The fourth-order valence-electron chi connectivity index (χ4n) is 3.23. The predicted octanol–water partition coefficient (Wildman–Crippen LogP) is 4.70. The number of unbranched alkanes of at least 4 members (excludes halogenated alkanes) is 1. The van der Waals surface area contributed by atoms with E-state index in [0.717, 1.165) is 17.1 Å². The molecule has 9 heteroatoms. The smallest absolute Gasteiger partial charge is 0.264 e. The molecule has 7 nitrogen and oxygen atoms in total. The number of benzene rings is 3. The van der Waals surface area contributed by atoms with E-state index in [-0.39, 0.29) is 10.8 Å². The summed E-state index contributed by atoms with van der Waals surface area (Å²) in [6.45, 7) is 2.07. The van der Waals surface area contributed by atoms with Crippen LogP contribution in [0.25, 0.3) is 0 Å². The number of hydrogen-bond acceptors (Lipinski definition) is 4. The molecule has 0 saturated carbocycles. The van der Waals surface area contributed by atoms with E-state index < -0.39 is 22.5 Å². The van der Waals surface area contributed by atoms with Crippen LogP contribution >= 0.6 is 11.6 Å². The molecule has 34 heavy (non-hydrogen) atoms. The molecule has 0 heterocycles. The molecule has 0 spiro atoms. The van der Waals surface area contributed by atoms with Crippen molar-refractivity contribution in [1.82, 2.24) is 5.32 Å². The van der Waals surface area contributed by atoms with Crippen LogP contribution in [0, 0.1) is 0 Å². The third-order valence-corrected chi connectivity index (χ3v) is 7.03. The standard InChI is InChI=1S/C25H26ClN3O4S/c1-2-3-17-27-25(31)22-11-7-8-12-23(22)28-24(30)18-29(20-9-5-4-6-10-20)34(32,33)21-15-13-19(26)14-16-21/h4-16H,2-3,17-18H2,1H3,(H,27,31)(H,28,30). The summed E-state index contributed by atoms with van der Waals surface area (Å²) < 4.78 is 27.8. The van der Waals surface area contributed by atoms with Crippen LogP contribution in [0.5, 0.6) is 0 Å². The van der Waals surface area contributed by atoms with Crippen LogP contribution in [-0.4, -0.2) is 33.3 Å². The monoisotopic (exact) mass is 499 g/mol. The second-order valence-corrected chi connectivity index (χ2v) is 9.80. The number of para-hydroxylation sites is 2. The van der Waals surface area contributed by atoms with Crippen molar-refractivity contribution in [1.29, 1.82) is 0 Å². The Bertz CT molecular complexity index is 1230. The van der Waals surface area contributed by atoms with Gasteiger partial charge in [-0.2, -0.15) is 0 Å². The molecule has 0 bridgehead atoms. The van der Waals surface area contributed by atoms with Crippen LogP contribution in [0.2, 0.25) is 5.02 Å². The average molecular weight is 500 g/mol. The van der Waals surface area contributed by atoms with Gasteiger partial charge < -0.3 is 10.6 Å². The van der Waals surface area contributed by atoms with Crippen molar-refractivity contribution in [3.05, 3.63) is 89.4 Å². The van der Waals surface area contributed by atoms with E-state index in [0.29, 0.717) is 28.5 Å². The fourth-order valence-corrected chi connectivity index (χ4v) is 4.77. The third-order valence-electron chi connectivity index (χ3n) is 4.99. The van der Waals surface area contributed by atoms with Gasteiger partial charge in [-0.05, 0) is 55.0 Å². The van der Waals surface area contributed by atoms with Gasteiger partial charge >= 0.3 is 0 Å². The molecule has 2 N–H and O–H groups in total. The summed E-state index contributed by atoms with van der Waals surface area (Å²) in [7, 11) is -4.07. The lowest BCUT2D eigenvalue weighted by Crippen LogP contribution is -2.38. The van der Waals surface area contributed by atoms with Gasteiger partial charge in [0.15, 0.2) is 0 Å². The minimum Gasteiger partial charge on any atom is -0.352 e. The van der Waals surface area contributed by atoms with Gasteiger partial charge in [-0.3, -0.25) is 13.9 Å². The molecule has 0 radical (unpaired) electrons. The van der Waals surface area contributed by atoms with Crippen molar-refractivity contribution >= 4 is 44.8 Å². The van der Waals surface area contributed by atoms with Gasteiger partial charge in [-0.1, -0.05) is 55.3 Å². The zero-order valence-electron chi connectivity index (χ0n) is 18.7. The molecule has 3 aromatic rings. The summed E-state index contributed by atoms with van der Waals surface area (Å²) in [5.41, 5.74) is 0.940. The van der Waals surface area contributed by atoms with Crippen LogP contribution in [0.1, 0.15) is 30.1 Å². The molecule has 0 unspecified atom stereocenters. The van der Waals surface area contributed by atoms with Crippen LogP contribution in [0.4, 0.5) is 11.4 Å². The van der Waals surface area contributed by atoms with Crippen LogP contribution in [0.3, 0.4) is 0 Å². The predicted molar refractivity (Wildman–Crippen MR) is 135 cm³/mol. The highest BCUT2D eigenvalue weighted by Gasteiger charge is 2.27. The third kappa shape index (κ3) is 6.36. The highest BCUT2D eigenvalue weighted by molar-refractivity contribution is 7.92. The van der Waals surface area contributed by atoms with E-state index in [2.05, 4.69) is 10.6 Å². The molecule has 0 aliphatic carbocycles. The fraction of sp³-hybridized carbons (Fsp3) is 0.200. The van der Waals surface area contributed by atoms with E-state index in [1.807, 2.05) is 6.92 Å². The number of amides is 2. The Kier molecular flexibility index (Phi) is 8.67. The minimum absolute atomic E-state index is 0.00394. The first kappa shape index (κ1) is 25.3. The van der Waals surface area contributed by atoms with E-state index in [4.69, 9.17) is 11.6 Å². The zero-order chi connectivity index (χ0) is 24.6. The maximum atomic E-state index is 13.4. The number of nitrogens with one attached hydrogen (secondary N) is 2. The number of hydrogen-bond donors (Lipinski definition) is 2. The average Bonchev–Trinajstić information content (AvgIpc) is 2.83. The first-order valence-corrected chi connectivity index (χ1v) is 12.6. The van der Waals surface area contributed by atoms with E-state index >= 15 is 0 Å². The first-order valence-electron chi connectivity index (χ1n) is 10.8. The van der Waals surface area contributed by atoms with Gasteiger partial charge in [0.05, 0.1) is 21.8 Å². The molecule has 0 aromatic heterocycles. The molecular formula is C25H26ClN3O4S. The molecule has 3 rings (SSSR count). The number of rotatable bonds is 10. The largest absolute Gasteiger partial charge is 0.352 e. The molecule has 3 aromatic carbocycles. The van der Waals surface area contributed by atoms with Gasteiger partial charge in [-0.15, -0.1) is 0 Å². The molecule has 0 aliphatic heterocycles. The summed E-state index contributed by atoms with van der Waals surface area (Å²) >= 11 is 5.91. The van der Waals surface area contributed by atoms with Gasteiger partial charge in [0, 0.05) is 11.6 Å². The Morgan fingerprint density at radius 2 is 1.56 bits per heavy atom. The molecule has 0 fully saturated rings. The lowest BCUT2D eigenvalue weighted by atomic mass is 10.1. The molecule has 0 saturated heterocycles. The molecule has 178 valence electrons. The van der Waals surface area contributed by atoms with Crippen LogP contribution in [0.15, 0.2) is 83.8 Å². The Morgan fingerprint density at radius 1 is 0.912 bits per heavy atom. The number of sulfonamides is 1. The van der Waals surface area contributed by atoms with Crippen molar-refractivity contribution in [3.63, 3.8) is 0 Å². The normalized spacial score (nSPS) is 11.0. The highest BCUT2D eigenvalue weighted by atomic mass is 35.5. The molecule has 2 amide bonds. The van der Waals surface area contributed by atoms with Crippen molar-refractivity contribution in [2.45, 2.75) is 24.7 Å². The zero-order valence-corrected chi connectivity index (χ0v) is 20.3. The van der Waals surface area contributed by atoms with E-state index in [1.54, 1.807) is 54.6 Å². The summed E-state index contributed by atoms with van der Waals surface area (Å²) in [6.07, 6.45) is 1.78. The molecular weight excluding hydrogens is 474 g/mol. The number of carbonyl (C=O) groups excluding carboxylic acids is 2. The SMILES string of the molecule is CCCCNC(=O)c1ccccc1NC(=O)CN(c1ccccc1)S(=O)(=O)c1ccc(Cl)cc1. The van der Waals surface area contributed by atoms with Crippen molar-refractivity contribution in [2.75, 3.05) is 22.7 Å². The van der Waals surface area contributed by atoms with Gasteiger partial charge in [-0.25, -0.2) is 8.42 Å². The van der Waals surface area contributed by atoms with Gasteiger partial charge in [0.2, 0.25) is 5.91 Å².